The molecule has 0 bridgehead atoms. The van der Waals surface area contributed by atoms with E-state index in [9.17, 15) is 4.79 Å². The van der Waals surface area contributed by atoms with E-state index in [1.807, 2.05) is 4.90 Å². The fourth-order valence-corrected chi connectivity index (χ4v) is 2.45. The van der Waals surface area contributed by atoms with Gasteiger partial charge in [0.15, 0.2) is 0 Å². The molecule has 2 aromatic rings. The van der Waals surface area contributed by atoms with Crippen molar-refractivity contribution in [2.75, 3.05) is 18.4 Å². The van der Waals surface area contributed by atoms with Crippen molar-refractivity contribution < 1.29 is 4.79 Å². The van der Waals surface area contributed by atoms with Crippen molar-refractivity contribution in [3.05, 3.63) is 53.5 Å². The Hall–Kier alpha value is -2.43. The minimum Gasteiger partial charge on any atom is -0.365 e. The highest BCUT2D eigenvalue weighted by molar-refractivity contribution is 5.92. The summed E-state index contributed by atoms with van der Waals surface area (Å²) in [6, 6.07) is 8.34. The molecule has 1 aromatic heterocycles. The van der Waals surface area contributed by atoms with E-state index in [2.05, 4.69) is 60.3 Å². The summed E-state index contributed by atoms with van der Waals surface area (Å²) in [5.74, 6) is 0.626. The van der Waals surface area contributed by atoms with Gasteiger partial charge in [-0.05, 0) is 25.3 Å². The maximum absolute atomic E-state index is 12.5. The highest BCUT2D eigenvalue weighted by Gasteiger charge is 2.15. The Morgan fingerprint density at radius 2 is 1.71 bits per heavy atom. The number of hydrogen-bond donors (Lipinski definition) is 1. The standard InChI is InChI=1S/C19H26N4O/c1-4-10-23(11-5-2)19(24)17-13-22-18(14-20-17)21-12-16-8-6-15(3)7-9-16/h6-9,13-14H,4-5,10-12H2,1-3H3,(H,21,22). The Labute approximate surface area is 144 Å². The number of carbonyl (C=O) groups is 1. The third-order valence-electron chi connectivity index (χ3n) is 3.74. The molecule has 0 unspecified atom stereocenters. The number of aromatic nitrogens is 2. The fourth-order valence-electron chi connectivity index (χ4n) is 2.45. The molecular formula is C19H26N4O. The van der Waals surface area contributed by atoms with Crippen molar-refractivity contribution in [3.8, 4) is 0 Å². The fraction of sp³-hybridized carbons (Fsp3) is 0.421. The molecule has 0 aliphatic carbocycles. The number of hydrogen-bond acceptors (Lipinski definition) is 4. The minimum absolute atomic E-state index is 0.0451. The van der Waals surface area contributed by atoms with Crippen LogP contribution in [0.2, 0.25) is 0 Å². The zero-order chi connectivity index (χ0) is 17.4. The first-order valence-electron chi connectivity index (χ1n) is 8.54. The lowest BCUT2D eigenvalue weighted by molar-refractivity contribution is 0.0749. The number of nitrogens with one attached hydrogen (secondary N) is 1. The third-order valence-corrected chi connectivity index (χ3v) is 3.74. The van der Waals surface area contributed by atoms with Gasteiger partial charge in [0.2, 0.25) is 0 Å². The maximum atomic E-state index is 12.5. The number of amides is 1. The molecule has 5 heteroatoms. The first-order chi connectivity index (χ1) is 11.6. The Morgan fingerprint density at radius 3 is 2.25 bits per heavy atom. The largest absolute Gasteiger partial charge is 0.365 e. The Morgan fingerprint density at radius 1 is 1.04 bits per heavy atom. The molecule has 0 spiro atoms. The lowest BCUT2D eigenvalue weighted by Crippen LogP contribution is -2.33. The molecule has 0 fully saturated rings. The smallest absolute Gasteiger partial charge is 0.274 e. The summed E-state index contributed by atoms with van der Waals surface area (Å²) in [6.07, 6.45) is 5.06. The summed E-state index contributed by atoms with van der Waals surface area (Å²) in [5, 5.41) is 3.23. The van der Waals surface area contributed by atoms with Crippen LogP contribution in [-0.4, -0.2) is 33.9 Å². The van der Waals surface area contributed by atoms with E-state index in [1.165, 1.54) is 11.1 Å². The van der Waals surface area contributed by atoms with E-state index in [0.29, 0.717) is 18.1 Å². The molecule has 2 rings (SSSR count). The second kappa shape index (κ2) is 9.01. The first-order valence-corrected chi connectivity index (χ1v) is 8.54. The van der Waals surface area contributed by atoms with Gasteiger partial charge in [-0.2, -0.15) is 0 Å². The zero-order valence-corrected chi connectivity index (χ0v) is 14.7. The van der Waals surface area contributed by atoms with Crippen molar-refractivity contribution in [2.24, 2.45) is 0 Å². The van der Waals surface area contributed by atoms with E-state index >= 15 is 0 Å². The molecule has 128 valence electrons. The van der Waals surface area contributed by atoms with E-state index < -0.39 is 0 Å². The number of carbonyl (C=O) groups excluding carboxylic acids is 1. The van der Waals surface area contributed by atoms with Crippen LogP contribution in [0.4, 0.5) is 5.82 Å². The Bertz CT molecular complexity index is 631. The molecule has 5 nitrogen and oxygen atoms in total. The lowest BCUT2D eigenvalue weighted by Gasteiger charge is -2.20. The molecular weight excluding hydrogens is 300 g/mol. The number of benzene rings is 1. The SMILES string of the molecule is CCCN(CCC)C(=O)c1cnc(NCc2ccc(C)cc2)cn1. The van der Waals surface area contributed by atoms with Crippen molar-refractivity contribution >= 4 is 11.7 Å². The van der Waals surface area contributed by atoms with E-state index in [0.717, 1.165) is 25.9 Å². The van der Waals surface area contributed by atoms with Crippen LogP contribution >= 0.6 is 0 Å². The van der Waals surface area contributed by atoms with E-state index in [-0.39, 0.29) is 5.91 Å². The third kappa shape index (κ3) is 5.05. The number of nitrogens with zero attached hydrogens (tertiary/aromatic N) is 3. The molecule has 0 aliphatic rings. The highest BCUT2D eigenvalue weighted by Crippen LogP contribution is 2.09. The van der Waals surface area contributed by atoms with Gasteiger partial charge in [0.25, 0.3) is 5.91 Å². The minimum atomic E-state index is -0.0451. The summed E-state index contributed by atoms with van der Waals surface area (Å²) < 4.78 is 0. The van der Waals surface area contributed by atoms with Gasteiger partial charge in [-0.25, -0.2) is 9.97 Å². The van der Waals surface area contributed by atoms with Crippen LogP contribution in [0.25, 0.3) is 0 Å². The van der Waals surface area contributed by atoms with Gasteiger partial charge in [-0.3, -0.25) is 4.79 Å². The van der Waals surface area contributed by atoms with Crippen LogP contribution in [0.1, 0.15) is 48.3 Å². The van der Waals surface area contributed by atoms with Gasteiger partial charge in [0.1, 0.15) is 11.5 Å². The van der Waals surface area contributed by atoms with Crippen molar-refractivity contribution in [1.29, 1.82) is 0 Å². The van der Waals surface area contributed by atoms with Crippen LogP contribution in [0.5, 0.6) is 0 Å². The summed E-state index contributed by atoms with van der Waals surface area (Å²) in [7, 11) is 0. The molecule has 0 saturated heterocycles. The predicted octanol–water partition coefficient (Wildman–Crippen LogP) is 3.66. The summed E-state index contributed by atoms with van der Waals surface area (Å²) in [5.41, 5.74) is 2.82. The van der Waals surface area contributed by atoms with Crippen molar-refractivity contribution in [2.45, 2.75) is 40.2 Å². The van der Waals surface area contributed by atoms with Gasteiger partial charge < -0.3 is 10.2 Å². The molecule has 1 aromatic carbocycles. The monoisotopic (exact) mass is 326 g/mol. The van der Waals surface area contributed by atoms with Crippen LogP contribution in [0.3, 0.4) is 0 Å². The van der Waals surface area contributed by atoms with Crippen LogP contribution in [-0.2, 0) is 6.54 Å². The average molecular weight is 326 g/mol. The Kier molecular flexibility index (Phi) is 6.73. The quantitative estimate of drug-likeness (QED) is 0.804. The molecule has 0 radical (unpaired) electrons. The second-order valence-electron chi connectivity index (χ2n) is 5.92. The molecule has 1 N–H and O–H groups in total. The van der Waals surface area contributed by atoms with Gasteiger partial charge in [0, 0.05) is 19.6 Å². The topological polar surface area (TPSA) is 58.1 Å². The van der Waals surface area contributed by atoms with E-state index in [4.69, 9.17) is 0 Å². The molecule has 1 heterocycles. The van der Waals surface area contributed by atoms with Gasteiger partial charge in [-0.15, -0.1) is 0 Å². The van der Waals surface area contributed by atoms with Gasteiger partial charge in [-0.1, -0.05) is 43.7 Å². The van der Waals surface area contributed by atoms with Crippen molar-refractivity contribution in [3.63, 3.8) is 0 Å². The number of aryl methyl sites for hydroxylation is 1. The Balaban J connectivity index is 1.96. The summed E-state index contributed by atoms with van der Waals surface area (Å²) >= 11 is 0. The van der Waals surface area contributed by atoms with E-state index in [1.54, 1.807) is 12.4 Å². The van der Waals surface area contributed by atoms with Gasteiger partial charge >= 0.3 is 0 Å². The summed E-state index contributed by atoms with van der Waals surface area (Å²) in [6.45, 7) is 8.39. The molecule has 0 saturated carbocycles. The molecule has 0 aliphatic heterocycles. The number of anilines is 1. The van der Waals surface area contributed by atoms with Crippen LogP contribution < -0.4 is 5.32 Å². The normalized spacial score (nSPS) is 10.5. The van der Waals surface area contributed by atoms with Crippen LogP contribution in [0.15, 0.2) is 36.7 Å². The zero-order valence-electron chi connectivity index (χ0n) is 14.7. The highest BCUT2D eigenvalue weighted by atomic mass is 16.2. The molecule has 24 heavy (non-hydrogen) atoms. The summed E-state index contributed by atoms with van der Waals surface area (Å²) in [4.78, 5) is 22.9. The van der Waals surface area contributed by atoms with Crippen LogP contribution in [0, 0.1) is 6.92 Å². The molecule has 0 atom stereocenters. The number of rotatable bonds is 8. The van der Waals surface area contributed by atoms with Crippen molar-refractivity contribution in [1.82, 2.24) is 14.9 Å². The second-order valence-corrected chi connectivity index (χ2v) is 5.92. The molecule has 1 amide bonds. The lowest BCUT2D eigenvalue weighted by atomic mass is 10.1. The van der Waals surface area contributed by atoms with Gasteiger partial charge in [0.05, 0.1) is 12.4 Å². The average Bonchev–Trinajstić information content (AvgIpc) is 2.61. The maximum Gasteiger partial charge on any atom is 0.274 e. The first kappa shape index (κ1) is 17.9. The predicted molar refractivity (Wildman–Crippen MR) is 97.0 cm³/mol.